The van der Waals surface area contributed by atoms with Crippen molar-refractivity contribution < 1.29 is 22.7 Å². The molecule has 8 nitrogen and oxygen atoms in total. The number of anilines is 1. The van der Waals surface area contributed by atoms with Crippen LogP contribution in [0, 0.1) is 0 Å². The minimum Gasteiger partial charge on any atom is -0.493 e. The van der Waals surface area contributed by atoms with E-state index in [2.05, 4.69) is 10.2 Å². The van der Waals surface area contributed by atoms with Gasteiger partial charge in [-0.1, -0.05) is 12.1 Å². The number of sulfonamides is 1. The quantitative estimate of drug-likeness (QED) is 0.719. The van der Waals surface area contributed by atoms with Crippen LogP contribution in [0.15, 0.2) is 42.5 Å². The average molecular weight is 434 g/mol. The zero-order valence-electron chi connectivity index (χ0n) is 17.4. The van der Waals surface area contributed by atoms with Crippen molar-refractivity contribution in [2.75, 3.05) is 52.0 Å². The molecule has 1 aliphatic rings. The molecule has 2 aromatic rings. The van der Waals surface area contributed by atoms with E-state index in [1.807, 2.05) is 12.1 Å². The third-order valence-corrected chi connectivity index (χ3v) is 6.37. The van der Waals surface area contributed by atoms with Gasteiger partial charge in [-0.05, 0) is 29.8 Å². The molecule has 9 heteroatoms. The highest BCUT2D eigenvalue weighted by Crippen LogP contribution is 2.29. The van der Waals surface area contributed by atoms with Gasteiger partial charge in [-0.25, -0.2) is 8.42 Å². The van der Waals surface area contributed by atoms with Gasteiger partial charge in [0.15, 0.2) is 11.5 Å². The predicted molar refractivity (Wildman–Crippen MR) is 116 cm³/mol. The molecule has 1 aliphatic heterocycles. The van der Waals surface area contributed by atoms with E-state index in [1.165, 1.54) is 10.6 Å². The molecule has 0 spiro atoms. The fourth-order valence-electron chi connectivity index (χ4n) is 3.36. The third kappa shape index (κ3) is 5.50. The monoisotopic (exact) mass is 433 g/mol. The molecule has 0 saturated carbocycles. The standard InChI is InChI=1S/C21H27N3O5S/c1-28-19-9-8-18(14-20(19)29-2)22-21(25)17-6-4-16(5-7-17)15-23-10-12-24(13-11-23)30(3,26)27/h4-9,14H,10-13,15H2,1-3H3,(H,22,25). The molecule has 30 heavy (non-hydrogen) atoms. The summed E-state index contributed by atoms with van der Waals surface area (Å²) in [5.41, 5.74) is 2.24. The summed E-state index contributed by atoms with van der Waals surface area (Å²) in [5.74, 6) is 0.925. The second-order valence-corrected chi connectivity index (χ2v) is 9.14. The van der Waals surface area contributed by atoms with Crippen LogP contribution in [-0.4, -0.2) is 70.2 Å². The first kappa shape index (κ1) is 22.1. The van der Waals surface area contributed by atoms with E-state index in [1.54, 1.807) is 44.6 Å². The Morgan fingerprint density at radius 1 is 0.967 bits per heavy atom. The number of ether oxygens (including phenoxy) is 2. The van der Waals surface area contributed by atoms with Gasteiger partial charge >= 0.3 is 0 Å². The largest absolute Gasteiger partial charge is 0.493 e. The van der Waals surface area contributed by atoms with Crippen LogP contribution in [0.5, 0.6) is 11.5 Å². The first-order valence-electron chi connectivity index (χ1n) is 9.60. The number of carbonyl (C=O) groups excluding carboxylic acids is 1. The van der Waals surface area contributed by atoms with E-state index in [9.17, 15) is 13.2 Å². The molecule has 0 unspecified atom stereocenters. The molecule has 0 aromatic heterocycles. The first-order chi connectivity index (χ1) is 14.3. The van der Waals surface area contributed by atoms with Crippen molar-refractivity contribution >= 4 is 21.6 Å². The van der Waals surface area contributed by atoms with Crippen LogP contribution in [0.25, 0.3) is 0 Å². The van der Waals surface area contributed by atoms with E-state index >= 15 is 0 Å². The van der Waals surface area contributed by atoms with Crippen LogP contribution >= 0.6 is 0 Å². The van der Waals surface area contributed by atoms with Crippen molar-refractivity contribution in [2.24, 2.45) is 0 Å². The zero-order valence-corrected chi connectivity index (χ0v) is 18.2. The summed E-state index contributed by atoms with van der Waals surface area (Å²) in [7, 11) is -0.0206. The van der Waals surface area contributed by atoms with Crippen molar-refractivity contribution in [3.8, 4) is 11.5 Å². The number of piperazine rings is 1. The van der Waals surface area contributed by atoms with Crippen molar-refractivity contribution in [1.82, 2.24) is 9.21 Å². The summed E-state index contributed by atoms with van der Waals surface area (Å²) >= 11 is 0. The van der Waals surface area contributed by atoms with Crippen LogP contribution < -0.4 is 14.8 Å². The number of hydrogen-bond donors (Lipinski definition) is 1. The lowest BCUT2D eigenvalue weighted by atomic mass is 10.1. The predicted octanol–water partition coefficient (Wildman–Crippen LogP) is 2.03. The summed E-state index contributed by atoms with van der Waals surface area (Å²) in [6.45, 7) is 3.10. The molecule has 1 heterocycles. The van der Waals surface area contributed by atoms with Gasteiger partial charge in [-0.15, -0.1) is 0 Å². The number of hydrogen-bond acceptors (Lipinski definition) is 6. The topological polar surface area (TPSA) is 88.2 Å². The van der Waals surface area contributed by atoms with Crippen molar-refractivity contribution in [2.45, 2.75) is 6.54 Å². The van der Waals surface area contributed by atoms with Crippen molar-refractivity contribution in [1.29, 1.82) is 0 Å². The van der Waals surface area contributed by atoms with Crippen molar-refractivity contribution in [3.63, 3.8) is 0 Å². The van der Waals surface area contributed by atoms with E-state index in [0.717, 1.165) is 12.1 Å². The van der Waals surface area contributed by atoms with Gasteiger partial charge < -0.3 is 14.8 Å². The number of amides is 1. The van der Waals surface area contributed by atoms with Gasteiger partial charge in [-0.2, -0.15) is 4.31 Å². The van der Waals surface area contributed by atoms with Crippen LogP contribution in [0.3, 0.4) is 0 Å². The second-order valence-electron chi connectivity index (χ2n) is 7.16. The first-order valence-corrected chi connectivity index (χ1v) is 11.4. The van der Waals surface area contributed by atoms with Gasteiger partial charge in [0.25, 0.3) is 5.91 Å². The van der Waals surface area contributed by atoms with Gasteiger partial charge in [0.05, 0.1) is 20.5 Å². The molecule has 0 aliphatic carbocycles. The SMILES string of the molecule is COc1ccc(NC(=O)c2ccc(CN3CCN(S(C)(=O)=O)CC3)cc2)cc1OC. The van der Waals surface area contributed by atoms with E-state index < -0.39 is 10.0 Å². The van der Waals surface area contributed by atoms with Gasteiger partial charge in [0.1, 0.15) is 0 Å². The third-order valence-electron chi connectivity index (χ3n) is 5.06. The molecule has 162 valence electrons. The maximum Gasteiger partial charge on any atom is 0.255 e. The maximum absolute atomic E-state index is 12.5. The number of nitrogens with one attached hydrogen (secondary N) is 1. The Labute approximate surface area is 177 Å². The number of rotatable bonds is 7. The molecule has 0 bridgehead atoms. The van der Waals surface area contributed by atoms with Gasteiger partial charge in [0, 0.05) is 50.0 Å². The summed E-state index contributed by atoms with van der Waals surface area (Å²) in [6, 6.07) is 12.6. The lowest BCUT2D eigenvalue weighted by Gasteiger charge is -2.33. The number of nitrogens with zero attached hydrogens (tertiary/aromatic N) is 2. The number of carbonyl (C=O) groups is 1. The van der Waals surface area contributed by atoms with Crippen LogP contribution in [-0.2, 0) is 16.6 Å². The Hall–Kier alpha value is -2.62. The summed E-state index contributed by atoms with van der Waals surface area (Å²) in [5, 5.41) is 2.86. The highest BCUT2D eigenvalue weighted by atomic mass is 32.2. The van der Waals surface area contributed by atoms with Gasteiger partial charge in [0.2, 0.25) is 10.0 Å². The van der Waals surface area contributed by atoms with Crippen LogP contribution in [0.1, 0.15) is 15.9 Å². The van der Waals surface area contributed by atoms with Crippen molar-refractivity contribution in [3.05, 3.63) is 53.6 Å². The lowest BCUT2D eigenvalue weighted by Crippen LogP contribution is -2.47. The van der Waals surface area contributed by atoms with E-state index in [4.69, 9.17) is 9.47 Å². The second kappa shape index (κ2) is 9.46. The minimum atomic E-state index is -3.12. The van der Waals surface area contributed by atoms with E-state index in [0.29, 0.717) is 48.9 Å². The molecule has 1 fully saturated rings. The number of methoxy groups -OCH3 is 2. The van der Waals surface area contributed by atoms with Crippen LogP contribution in [0.4, 0.5) is 5.69 Å². The minimum absolute atomic E-state index is 0.212. The Balaban J connectivity index is 1.57. The Kier molecular flexibility index (Phi) is 6.96. The Bertz CT molecular complexity index is 984. The highest BCUT2D eigenvalue weighted by molar-refractivity contribution is 7.88. The van der Waals surface area contributed by atoms with E-state index in [-0.39, 0.29) is 5.91 Å². The molecule has 0 atom stereocenters. The Morgan fingerprint density at radius 3 is 2.17 bits per heavy atom. The fraction of sp³-hybridized carbons (Fsp3) is 0.381. The molecule has 0 radical (unpaired) electrons. The Morgan fingerprint density at radius 2 is 1.60 bits per heavy atom. The smallest absolute Gasteiger partial charge is 0.255 e. The average Bonchev–Trinajstić information content (AvgIpc) is 2.74. The molecule has 1 N–H and O–H groups in total. The molecular formula is C21H27N3O5S. The molecule has 1 saturated heterocycles. The zero-order chi connectivity index (χ0) is 21.7. The lowest BCUT2D eigenvalue weighted by molar-refractivity contribution is 0.102. The molecular weight excluding hydrogens is 406 g/mol. The maximum atomic E-state index is 12.5. The number of benzene rings is 2. The normalized spacial score (nSPS) is 15.6. The summed E-state index contributed by atoms with van der Waals surface area (Å²) < 4.78 is 35.2. The summed E-state index contributed by atoms with van der Waals surface area (Å²) in [4.78, 5) is 14.8. The summed E-state index contributed by atoms with van der Waals surface area (Å²) in [6.07, 6.45) is 1.24. The molecule has 2 aromatic carbocycles. The molecule has 3 rings (SSSR count). The molecule has 1 amide bonds. The van der Waals surface area contributed by atoms with Gasteiger partial charge in [-0.3, -0.25) is 9.69 Å². The highest BCUT2D eigenvalue weighted by Gasteiger charge is 2.23. The van der Waals surface area contributed by atoms with Crippen LogP contribution in [0.2, 0.25) is 0 Å². The fourth-order valence-corrected chi connectivity index (χ4v) is 4.18.